The molecular weight excluding hydrogens is 446 g/mol. The lowest BCUT2D eigenvalue weighted by Crippen LogP contribution is -2.50. The molecule has 2 aromatic carbocycles. The molecule has 9 heteroatoms. The lowest BCUT2D eigenvalue weighted by Gasteiger charge is -2.34. The summed E-state index contributed by atoms with van der Waals surface area (Å²) in [4.78, 5) is 36.2. The van der Waals surface area contributed by atoms with E-state index in [1.165, 1.54) is 18.3 Å². The minimum Gasteiger partial charge on any atom is -0.339 e. The topological polar surface area (TPSA) is 146 Å². The van der Waals surface area contributed by atoms with Gasteiger partial charge in [0.1, 0.15) is 6.04 Å². The zero-order valence-corrected chi connectivity index (χ0v) is 20.2. The number of nitrogens with one attached hydrogen (secondary N) is 4. The molecule has 0 spiro atoms. The number of carbonyl (C=O) groups is 3. The molecule has 1 aliphatic rings. The SMILES string of the molecule is CC1CCCC(NCC(=O)Nc2ccc(-c3ccc(C(=O)N[C@@H](CN)C(=O)NO)cc3)cc2)C1C. The van der Waals surface area contributed by atoms with Crippen LogP contribution in [0.2, 0.25) is 0 Å². The second kappa shape index (κ2) is 12.4. The minimum atomic E-state index is -1.03. The third kappa shape index (κ3) is 7.11. The average Bonchev–Trinajstić information content (AvgIpc) is 2.88. The molecule has 3 unspecified atom stereocenters. The zero-order valence-electron chi connectivity index (χ0n) is 20.2. The molecule has 7 N–H and O–H groups in total. The van der Waals surface area contributed by atoms with Crippen LogP contribution in [0.4, 0.5) is 5.69 Å². The van der Waals surface area contributed by atoms with Crippen molar-refractivity contribution >= 4 is 23.4 Å². The summed E-state index contributed by atoms with van der Waals surface area (Å²) in [7, 11) is 0. The molecule has 1 aliphatic carbocycles. The van der Waals surface area contributed by atoms with Gasteiger partial charge in [0.05, 0.1) is 6.54 Å². The van der Waals surface area contributed by atoms with Crippen LogP contribution in [0.25, 0.3) is 11.1 Å². The Hall–Kier alpha value is -3.27. The Morgan fingerprint density at radius 1 is 1.00 bits per heavy atom. The number of hydrogen-bond acceptors (Lipinski definition) is 6. The van der Waals surface area contributed by atoms with Crippen molar-refractivity contribution in [3.05, 3.63) is 54.1 Å². The first kappa shape index (κ1) is 26.3. The molecule has 188 valence electrons. The van der Waals surface area contributed by atoms with E-state index in [4.69, 9.17) is 10.9 Å². The van der Waals surface area contributed by atoms with Gasteiger partial charge in [0, 0.05) is 23.8 Å². The van der Waals surface area contributed by atoms with Crippen LogP contribution in [-0.4, -0.2) is 48.1 Å². The molecular formula is C26H35N5O4. The normalized spacial score (nSPS) is 20.5. The summed E-state index contributed by atoms with van der Waals surface area (Å²) in [5.41, 5.74) is 9.84. The van der Waals surface area contributed by atoms with E-state index in [0.29, 0.717) is 23.4 Å². The monoisotopic (exact) mass is 481 g/mol. The number of nitrogens with two attached hydrogens (primary N) is 1. The molecule has 9 nitrogen and oxygen atoms in total. The molecule has 3 rings (SSSR count). The third-order valence-corrected chi connectivity index (χ3v) is 6.85. The fourth-order valence-electron chi connectivity index (χ4n) is 4.41. The van der Waals surface area contributed by atoms with E-state index >= 15 is 0 Å². The summed E-state index contributed by atoms with van der Waals surface area (Å²) in [5, 5.41) is 17.5. The molecule has 4 atom stereocenters. The van der Waals surface area contributed by atoms with Gasteiger partial charge in [-0.2, -0.15) is 0 Å². The summed E-state index contributed by atoms with van der Waals surface area (Å²) in [5.74, 6) is -0.0755. The Balaban J connectivity index is 1.53. The van der Waals surface area contributed by atoms with E-state index < -0.39 is 17.9 Å². The van der Waals surface area contributed by atoms with Crippen LogP contribution in [-0.2, 0) is 9.59 Å². The number of anilines is 1. The highest BCUT2D eigenvalue weighted by Crippen LogP contribution is 2.29. The fourth-order valence-corrected chi connectivity index (χ4v) is 4.41. The summed E-state index contributed by atoms with van der Waals surface area (Å²) in [6.07, 6.45) is 3.57. The van der Waals surface area contributed by atoms with Crippen molar-refractivity contribution in [2.45, 2.75) is 45.2 Å². The van der Waals surface area contributed by atoms with Crippen LogP contribution in [0.1, 0.15) is 43.5 Å². The second-order valence-corrected chi connectivity index (χ2v) is 9.20. The number of hydroxylamine groups is 1. The average molecular weight is 482 g/mol. The van der Waals surface area contributed by atoms with Gasteiger partial charge in [-0.05, 0) is 53.6 Å². The van der Waals surface area contributed by atoms with E-state index in [0.717, 1.165) is 23.2 Å². The van der Waals surface area contributed by atoms with Crippen LogP contribution in [0.15, 0.2) is 48.5 Å². The summed E-state index contributed by atoms with van der Waals surface area (Å²) >= 11 is 0. The third-order valence-electron chi connectivity index (χ3n) is 6.85. The fraction of sp³-hybridized carbons (Fsp3) is 0.423. The highest BCUT2D eigenvalue weighted by atomic mass is 16.5. The van der Waals surface area contributed by atoms with Gasteiger partial charge in [-0.1, -0.05) is 51.0 Å². The van der Waals surface area contributed by atoms with E-state index in [9.17, 15) is 14.4 Å². The Kier molecular flexibility index (Phi) is 9.36. The molecule has 35 heavy (non-hydrogen) atoms. The Morgan fingerprint density at radius 2 is 1.63 bits per heavy atom. The smallest absolute Gasteiger partial charge is 0.267 e. The van der Waals surface area contributed by atoms with Crippen LogP contribution >= 0.6 is 0 Å². The van der Waals surface area contributed by atoms with Gasteiger partial charge in [-0.3, -0.25) is 19.6 Å². The lowest BCUT2D eigenvalue weighted by molar-refractivity contribution is -0.130. The first-order valence-electron chi connectivity index (χ1n) is 12.0. The van der Waals surface area contributed by atoms with Crippen molar-refractivity contribution in [3.63, 3.8) is 0 Å². The van der Waals surface area contributed by atoms with Crippen molar-refractivity contribution in [2.75, 3.05) is 18.4 Å². The van der Waals surface area contributed by atoms with Crippen molar-refractivity contribution in [1.82, 2.24) is 16.1 Å². The quantitative estimate of drug-likeness (QED) is 0.239. The van der Waals surface area contributed by atoms with Gasteiger partial charge in [0.2, 0.25) is 5.91 Å². The zero-order chi connectivity index (χ0) is 25.4. The maximum Gasteiger partial charge on any atom is 0.267 e. The van der Waals surface area contributed by atoms with E-state index in [1.807, 2.05) is 24.3 Å². The molecule has 0 saturated heterocycles. The lowest BCUT2D eigenvalue weighted by atomic mass is 9.78. The summed E-state index contributed by atoms with van der Waals surface area (Å²) in [6.45, 7) is 4.68. The number of amides is 3. The second-order valence-electron chi connectivity index (χ2n) is 9.20. The van der Waals surface area contributed by atoms with Crippen molar-refractivity contribution in [2.24, 2.45) is 17.6 Å². The molecule has 1 saturated carbocycles. The molecule has 0 aliphatic heterocycles. The predicted molar refractivity (Wildman–Crippen MR) is 135 cm³/mol. The van der Waals surface area contributed by atoms with Gasteiger partial charge in [-0.25, -0.2) is 5.48 Å². The van der Waals surface area contributed by atoms with Gasteiger partial charge in [0.25, 0.3) is 11.8 Å². The standard InChI is InChI=1S/C26H35N5O4/c1-16-4-3-5-22(17(16)2)28-15-24(32)29-21-12-10-19(11-13-21)18-6-8-20(9-7-18)25(33)30-23(14-27)26(34)31-35/h6-13,16-17,22-23,28,35H,3-5,14-15,27H2,1-2H3,(H,29,32)(H,30,33)(H,31,34)/t16?,17?,22?,23-/m0/s1. The van der Waals surface area contributed by atoms with Crippen LogP contribution in [0, 0.1) is 11.8 Å². The van der Waals surface area contributed by atoms with Gasteiger partial charge in [0.15, 0.2) is 0 Å². The largest absolute Gasteiger partial charge is 0.339 e. The van der Waals surface area contributed by atoms with Crippen LogP contribution < -0.4 is 27.2 Å². The predicted octanol–water partition coefficient (Wildman–Crippen LogP) is 2.27. The van der Waals surface area contributed by atoms with Crippen LogP contribution in [0.3, 0.4) is 0 Å². The molecule has 2 aromatic rings. The van der Waals surface area contributed by atoms with E-state index in [2.05, 4.69) is 29.8 Å². The highest BCUT2D eigenvalue weighted by Gasteiger charge is 2.27. The Bertz CT molecular complexity index is 1010. The minimum absolute atomic E-state index is 0.0656. The first-order valence-corrected chi connectivity index (χ1v) is 12.0. The molecule has 3 amide bonds. The molecule has 0 aromatic heterocycles. The Morgan fingerprint density at radius 3 is 2.23 bits per heavy atom. The number of benzene rings is 2. The van der Waals surface area contributed by atoms with Crippen molar-refractivity contribution in [1.29, 1.82) is 0 Å². The number of hydrogen-bond donors (Lipinski definition) is 6. The maximum absolute atomic E-state index is 12.4. The Labute approximate surface area is 205 Å². The maximum atomic E-state index is 12.4. The molecule has 0 bridgehead atoms. The van der Waals surface area contributed by atoms with Crippen LogP contribution in [0.5, 0.6) is 0 Å². The first-order chi connectivity index (χ1) is 16.8. The van der Waals surface area contributed by atoms with Gasteiger partial charge in [-0.15, -0.1) is 0 Å². The number of rotatable bonds is 9. The summed E-state index contributed by atoms with van der Waals surface area (Å²) < 4.78 is 0. The van der Waals surface area contributed by atoms with Crippen molar-refractivity contribution in [3.8, 4) is 11.1 Å². The number of carbonyl (C=O) groups excluding carboxylic acids is 3. The summed E-state index contributed by atoms with van der Waals surface area (Å²) in [6, 6.07) is 13.7. The van der Waals surface area contributed by atoms with E-state index in [1.54, 1.807) is 24.3 Å². The van der Waals surface area contributed by atoms with Gasteiger partial charge < -0.3 is 21.7 Å². The van der Waals surface area contributed by atoms with Gasteiger partial charge >= 0.3 is 0 Å². The highest BCUT2D eigenvalue weighted by molar-refractivity contribution is 5.98. The molecule has 1 fully saturated rings. The molecule has 0 radical (unpaired) electrons. The molecule has 0 heterocycles. The van der Waals surface area contributed by atoms with Crippen molar-refractivity contribution < 1.29 is 19.6 Å². The van der Waals surface area contributed by atoms with E-state index in [-0.39, 0.29) is 19.0 Å².